The first-order valence-corrected chi connectivity index (χ1v) is 12.2. The van der Waals surface area contributed by atoms with Gasteiger partial charge in [-0.25, -0.2) is 0 Å². The zero-order valence-electron chi connectivity index (χ0n) is 20.6. The molecule has 198 valence electrons. The molecule has 0 aliphatic heterocycles. The summed E-state index contributed by atoms with van der Waals surface area (Å²) in [5.74, 6) is 0. The molecule has 0 aliphatic rings. The molecular weight excluding hydrogens is 526 g/mol. The Morgan fingerprint density at radius 2 is 1.12 bits per heavy atom. The molecule has 8 heteroatoms. The van der Waals surface area contributed by atoms with Crippen molar-refractivity contribution in [2.24, 2.45) is 0 Å². The smallest absolute Gasteiger partial charge is 0.256 e. The highest BCUT2D eigenvalue weighted by Gasteiger charge is 2.37. The van der Waals surface area contributed by atoms with Gasteiger partial charge in [-0.1, -0.05) is 60.7 Å². The Hall–Kier alpha value is -4.72. The molecule has 0 saturated heterocycles. The van der Waals surface area contributed by atoms with E-state index in [-0.39, 0.29) is 17.2 Å². The van der Waals surface area contributed by atoms with Crippen LogP contribution in [0.15, 0.2) is 109 Å². The van der Waals surface area contributed by atoms with Crippen molar-refractivity contribution in [3.05, 3.63) is 121 Å². The van der Waals surface area contributed by atoms with Gasteiger partial charge in [0.15, 0.2) is 0 Å². The number of para-hydroxylation sites is 1. The quantitative estimate of drug-likeness (QED) is 0.207. The summed E-state index contributed by atoms with van der Waals surface area (Å²) in [5, 5.41) is 1.74. The summed E-state index contributed by atoms with van der Waals surface area (Å²) in [6.45, 7) is 0. The van der Waals surface area contributed by atoms with Gasteiger partial charge in [0.25, 0.3) is 0 Å². The first-order chi connectivity index (χ1) is 19.1. The SMILES string of the molecule is FC(F)(F)c1cc(-c2ccc3cc(-c4ccc(-c5cccc6cccnc56)cc4)cnc3c2)cc(C(F)(F)F)c1. The lowest BCUT2D eigenvalue weighted by molar-refractivity contribution is -0.143. The Morgan fingerprint density at radius 1 is 0.475 bits per heavy atom. The van der Waals surface area contributed by atoms with E-state index < -0.39 is 23.5 Å². The number of alkyl halides is 6. The van der Waals surface area contributed by atoms with Gasteiger partial charge in [0.1, 0.15) is 0 Å². The number of nitrogens with zero attached hydrogens (tertiary/aromatic N) is 2. The molecule has 0 N–H and O–H groups in total. The van der Waals surface area contributed by atoms with Crippen LogP contribution in [-0.4, -0.2) is 9.97 Å². The van der Waals surface area contributed by atoms with Gasteiger partial charge in [0.05, 0.1) is 22.2 Å². The molecule has 2 heterocycles. The topological polar surface area (TPSA) is 25.8 Å². The zero-order chi connectivity index (χ0) is 28.1. The standard InChI is InChI=1S/C32H18F6N2/c33-31(34,35)26-14-24(15-27(17-26)32(36,37)38)22-10-11-23-13-25(18-40-29(23)16-22)19-6-8-20(9-7-19)28-5-1-3-21-4-2-12-39-30(21)28/h1-18H. The van der Waals surface area contributed by atoms with Gasteiger partial charge < -0.3 is 0 Å². The van der Waals surface area contributed by atoms with Crippen LogP contribution in [-0.2, 0) is 12.4 Å². The summed E-state index contributed by atoms with van der Waals surface area (Å²) >= 11 is 0. The van der Waals surface area contributed by atoms with Crippen LogP contribution in [0.4, 0.5) is 26.3 Å². The third-order valence-corrected chi connectivity index (χ3v) is 6.77. The Bertz CT molecular complexity index is 1840. The van der Waals surface area contributed by atoms with Crippen LogP contribution in [0.25, 0.3) is 55.2 Å². The van der Waals surface area contributed by atoms with Crippen LogP contribution in [0.5, 0.6) is 0 Å². The predicted molar refractivity (Wildman–Crippen MR) is 143 cm³/mol. The van der Waals surface area contributed by atoms with Gasteiger partial charge in [-0.3, -0.25) is 9.97 Å². The first-order valence-electron chi connectivity index (χ1n) is 12.2. The summed E-state index contributed by atoms with van der Waals surface area (Å²) < 4.78 is 79.9. The third-order valence-electron chi connectivity index (χ3n) is 6.77. The molecule has 4 aromatic carbocycles. The lowest BCUT2D eigenvalue weighted by atomic mass is 9.97. The number of rotatable bonds is 3. The van der Waals surface area contributed by atoms with E-state index in [0.29, 0.717) is 10.9 Å². The van der Waals surface area contributed by atoms with E-state index in [4.69, 9.17) is 0 Å². The maximum absolute atomic E-state index is 13.3. The van der Waals surface area contributed by atoms with Gasteiger partial charge in [-0.15, -0.1) is 0 Å². The van der Waals surface area contributed by atoms with Crippen molar-refractivity contribution in [2.45, 2.75) is 12.4 Å². The zero-order valence-corrected chi connectivity index (χ0v) is 20.6. The number of hydrogen-bond acceptors (Lipinski definition) is 2. The third kappa shape index (κ3) is 4.88. The highest BCUT2D eigenvalue weighted by Crippen LogP contribution is 2.39. The van der Waals surface area contributed by atoms with Gasteiger partial charge in [-0.05, 0) is 58.7 Å². The fraction of sp³-hybridized carbons (Fsp3) is 0.0625. The predicted octanol–water partition coefficient (Wildman–Crippen LogP) is 9.82. The first kappa shape index (κ1) is 25.6. The molecule has 6 rings (SSSR count). The Kier molecular flexibility index (Phi) is 6.06. The molecule has 0 bridgehead atoms. The van der Waals surface area contributed by atoms with Crippen molar-refractivity contribution in [3.8, 4) is 33.4 Å². The van der Waals surface area contributed by atoms with Crippen molar-refractivity contribution in [3.63, 3.8) is 0 Å². The summed E-state index contributed by atoms with van der Waals surface area (Å²) in [6, 6.07) is 25.9. The van der Waals surface area contributed by atoms with Crippen LogP contribution in [0.1, 0.15) is 11.1 Å². The highest BCUT2D eigenvalue weighted by molar-refractivity contribution is 5.94. The highest BCUT2D eigenvalue weighted by atomic mass is 19.4. The van der Waals surface area contributed by atoms with E-state index in [1.807, 2.05) is 60.7 Å². The van der Waals surface area contributed by atoms with Crippen LogP contribution < -0.4 is 0 Å². The van der Waals surface area contributed by atoms with Gasteiger partial charge in [-0.2, -0.15) is 26.3 Å². The Labute approximate surface area is 224 Å². The van der Waals surface area contributed by atoms with Crippen molar-refractivity contribution in [1.29, 1.82) is 0 Å². The van der Waals surface area contributed by atoms with E-state index >= 15 is 0 Å². The normalized spacial score (nSPS) is 12.2. The molecule has 0 aliphatic carbocycles. The second-order valence-electron chi connectivity index (χ2n) is 9.38. The van der Waals surface area contributed by atoms with Crippen LogP contribution >= 0.6 is 0 Å². The van der Waals surface area contributed by atoms with Crippen molar-refractivity contribution < 1.29 is 26.3 Å². The second kappa shape index (κ2) is 9.48. The van der Waals surface area contributed by atoms with Crippen molar-refractivity contribution in [2.75, 3.05) is 0 Å². The molecule has 2 aromatic heterocycles. The summed E-state index contributed by atoms with van der Waals surface area (Å²) in [5.41, 5.74) is 2.40. The van der Waals surface area contributed by atoms with Gasteiger partial charge in [0.2, 0.25) is 0 Å². The number of pyridine rings is 2. The molecule has 40 heavy (non-hydrogen) atoms. The van der Waals surface area contributed by atoms with Gasteiger partial charge >= 0.3 is 12.4 Å². The summed E-state index contributed by atoms with van der Waals surface area (Å²) in [6.07, 6.45) is -6.44. The van der Waals surface area contributed by atoms with E-state index in [9.17, 15) is 26.3 Å². The molecule has 6 aromatic rings. The minimum Gasteiger partial charge on any atom is -0.256 e. The van der Waals surface area contributed by atoms with Gasteiger partial charge in [0, 0.05) is 34.3 Å². The second-order valence-corrected chi connectivity index (χ2v) is 9.38. The molecule has 0 unspecified atom stereocenters. The van der Waals surface area contributed by atoms with E-state index in [2.05, 4.69) is 9.97 Å². The fourth-order valence-electron chi connectivity index (χ4n) is 4.76. The lowest BCUT2D eigenvalue weighted by Gasteiger charge is -2.14. The van der Waals surface area contributed by atoms with Crippen LogP contribution in [0.3, 0.4) is 0 Å². The average molecular weight is 544 g/mol. The van der Waals surface area contributed by atoms with Crippen molar-refractivity contribution in [1.82, 2.24) is 9.97 Å². The maximum atomic E-state index is 13.3. The molecule has 0 amide bonds. The monoisotopic (exact) mass is 544 g/mol. The fourth-order valence-corrected chi connectivity index (χ4v) is 4.76. The lowest BCUT2D eigenvalue weighted by Crippen LogP contribution is -2.11. The number of benzene rings is 4. The van der Waals surface area contributed by atoms with E-state index in [1.165, 1.54) is 12.1 Å². The average Bonchev–Trinajstić information content (AvgIpc) is 2.95. The Balaban J connectivity index is 1.34. The number of fused-ring (bicyclic) bond motifs is 2. The number of halogens is 6. The minimum atomic E-state index is -4.92. The molecule has 0 atom stereocenters. The van der Waals surface area contributed by atoms with Crippen LogP contribution in [0, 0.1) is 0 Å². The van der Waals surface area contributed by atoms with E-state index in [1.54, 1.807) is 18.5 Å². The number of hydrogen-bond donors (Lipinski definition) is 0. The largest absolute Gasteiger partial charge is 0.416 e. The molecule has 2 nitrogen and oxygen atoms in total. The molecule has 0 saturated carbocycles. The Morgan fingerprint density at radius 3 is 1.82 bits per heavy atom. The molecule has 0 fully saturated rings. The van der Waals surface area contributed by atoms with Crippen LogP contribution in [0.2, 0.25) is 0 Å². The molecule has 0 radical (unpaired) electrons. The van der Waals surface area contributed by atoms with E-state index in [0.717, 1.165) is 45.3 Å². The molecule has 0 spiro atoms. The van der Waals surface area contributed by atoms with Crippen molar-refractivity contribution >= 4 is 21.8 Å². The molecular formula is C32H18F6N2. The summed E-state index contributed by atoms with van der Waals surface area (Å²) in [4.78, 5) is 8.97. The maximum Gasteiger partial charge on any atom is 0.416 e. The summed E-state index contributed by atoms with van der Waals surface area (Å²) in [7, 11) is 0. The minimum absolute atomic E-state index is 0.122. The number of aromatic nitrogens is 2.